The fourth-order valence-electron chi connectivity index (χ4n) is 1.99. The molecule has 0 fully saturated rings. The van der Waals surface area contributed by atoms with Gasteiger partial charge in [0.25, 0.3) is 0 Å². The molecule has 3 rings (SSSR count). The van der Waals surface area contributed by atoms with E-state index in [9.17, 15) is 5.11 Å². The van der Waals surface area contributed by atoms with Gasteiger partial charge < -0.3 is 5.11 Å². The number of hydrogen-bond acceptors (Lipinski definition) is 2. The molecule has 0 saturated carbocycles. The van der Waals surface area contributed by atoms with Gasteiger partial charge in [0.15, 0.2) is 0 Å². The van der Waals surface area contributed by atoms with Crippen molar-refractivity contribution in [3.05, 3.63) is 48.0 Å². The molecular formula is C14H12N2O. The molecule has 0 aliphatic heterocycles. The first-order chi connectivity index (χ1) is 8.27. The molecule has 2 N–H and O–H groups in total. The van der Waals surface area contributed by atoms with Gasteiger partial charge in [-0.3, -0.25) is 5.10 Å². The molecule has 0 aliphatic carbocycles. The molecule has 3 aromatic rings. The van der Waals surface area contributed by atoms with Gasteiger partial charge >= 0.3 is 0 Å². The minimum atomic E-state index is 0.275. The maximum atomic E-state index is 9.95. The zero-order valence-electron chi connectivity index (χ0n) is 9.44. The van der Waals surface area contributed by atoms with Crippen molar-refractivity contribution in [1.82, 2.24) is 10.2 Å². The van der Waals surface area contributed by atoms with E-state index in [4.69, 9.17) is 0 Å². The molecule has 1 heterocycles. The fourth-order valence-corrected chi connectivity index (χ4v) is 1.99. The monoisotopic (exact) mass is 224 g/mol. The summed E-state index contributed by atoms with van der Waals surface area (Å²) in [6.45, 7) is 1.87. The van der Waals surface area contributed by atoms with Gasteiger partial charge in [0.05, 0.1) is 0 Å². The van der Waals surface area contributed by atoms with Gasteiger partial charge in [0, 0.05) is 10.9 Å². The molecular weight excluding hydrogens is 212 g/mol. The number of phenolic OH excluding ortho intramolecular Hbond substituents is 1. The van der Waals surface area contributed by atoms with Crippen LogP contribution >= 0.6 is 0 Å². The van der Waals surface area contributed by atoms with E-state index in [0.29, 0.717) is 5.52 Å². The summed E-state index contributed by atoms with van der Waals surface area (Å²) in [5.74, 6) is 0.275. The third-order valence-electron chi connectivity index (χ3n) is 2.96. The molecule has 17 heavy (non-hydrogen) atoms. The average Bonchev–Trinajstić information content (AvgIpc) is 2.79. The lowest BCUT2D eigenvalue weighted by atomic mass is 10.1. The lowest BCUT2D eigenvalue weighted by Gasteiger charge is -2.00. The first kappa shape index (κ1) is 9.90. The van der Waals surface area contributed by atoms with E-state index >= 15 is 0 Å². The number of nitrogens with one attached hydrogen (secondary N) is 1. The summed E-state index contributed by atoms with van der Waals surface area (Å²) in [7, 11) is 0. The highest BCUT2D eigenvalue weighted by Gasteiger charge is 2.11. The maximum Gasteiger partial charge on any atom is 0.144 e. The number of phenols is 1. The van der Waals surface area contributed by atoms with Crippen molar-refractivity contribution in [2.45, 2.75) is 6.92 Å². The number of aryl methyl sites for hydroxylation is 1. The second-order valence-electron chi connectivity index (χ2n) is 4.09. The van der Waals surface area contributed by atoms with E-state index in [1.165, 1.54) is 0 Å². The summed E-state index contributed by atoms with van der Waals surface area (Å²) in [5, 5.41) is 18.1. The molecule has 0 spiro atoms. The van der Waals surface area contributed by atoms with Crippen molar-refractivity contribution in [2.75, 3.05) is 0 Å². The van der Waals surface area contributed by atoms with Crippen LogP contribution in [-0.2, 0) is 0 Å². The Kier molecular flexibility index (Phi) is 2.11. The highest BCUT2D eigenvalue weighted by atomic mass is 16.3. The third-order valence-corrected chi connectivity index (χ3v) is 2.96. The van der Waals surface area contributed by atoms with Crippen molar-refractivity contribution >= 4 is 10.9 Å². The Morgan fingerprint density at radius 3 is 2.59 bits per heavy atom. The lowest BCUT2D eigenvalue weighted by Crippen LogP contribution is -1.78. The van der Waals surface area contributed by atoms with E-state index in [1.54, 1.807) is 0 Å². The van der Waals surface area contributed by atoms with Gasteiger partial charge in [-0.2, -0.15) is 5.10 Å². The van der Waals surface area contributed by atoms with Crippen LogP contribution in [0.1, 0.15) is 5.56 Å². The Labute approximate surface area is 98.7 Å². The minimum absolute atomic E-state index is 0.275. The molecule has 0 saturated heterocycles. The molecule has 3 nitrogen and oxygen atoms in total. The van der Waals surface area contributed by atoms with Gasteiger partial charge in [-0.1, -0.05) is 42.5 Å². The lowest BCUT2D eigenvalue weighted by molar-refractivity contribution is 0.476. The molecule has 0 aliphatic rings. The minimum Gasteiger partial charge on any atom is -0.505 e. The predicted molar refractivity (Wildman–Crippen MR) is 67.9 cm³/mol. The molecule has 2 aromatic carbocycles. The van der Waals surface area contributed by atoms with Gasteiger partial charge in [0.2, 0.25) is 0 Å². The van der Waals surface area contributed by atoms with Crippen LogP contribution in [-0.4, -0.2) is 15.3 Å². The van der Waals surface area contributed by atoms with Crippen LogP contribution in [0.25, 0.3) is 22.2 Å². The second-order valence-corrected chi connectivity index (χ2v) is 4.09. The van der Waals surface area contributed by atoms with Crippen molar-refractivity contribution in [1.29, 1.82) is 0 Å². The Hall–Kier alpha value is -2.29. The summed E-state index contributed by atoms with van der Waals surface area (Å²) >= 11 is 0. The zero-order chi connectivity index (χ0) is 11.8. The maximum absolute atomic E-state index is 9.95. The quantitative estimate of drug-likeness (QED) is 0.666. The first-order valence-corrected chi connectivity index (χ1v) is 5.49. The number of rotatable bonds is 1. The van der Waals surface area contributed by atoms with Crippen LogP contribution in [0.2, 0.25) is 0 Å². The SMILES string of the molecule is Cc1ccc2c(-c3ccccc3)n[nH]c2c1O. The number of hydrogen-bond donors (Lipinski definition) is 2. The predicted octanol–water partition coefficient (Wildman–Crippen LogP) is 3.24. The summed E-state index contributed by atoms with van der Waals surface area (Å²) in [6, 6.07) is 13.8. The second kappa shape index (κ2) is 3.63. The molecule has 0 atom stereocenters. The van der Waals surface area contributed by atoms with Crippen molar-refractivity contribution in [2.24, 2.45) is 0 Å². The van der Waals surface area contributed by atoms with E-state index < -0.39 is 0 Å². The van der Waals surface area contributed by atoms with E-state index in [1.807, 2.05) is 49.4 Å². The smallest absolute Gasteiger partial charge is 0.144 e. The number of aromatic nitrogens is 2. The number of nitrogens with zero attached hydrogens (tertiary/aromatic N) is 1. The molecule has 3 heteroatoms. The summed E-state index contributed by atoms with van der Waals surface area (Å²) in [5.41, 5.74) is 3.46. The molecule has 0 amide bonds. The van der Waals surface area contributed by atoms with Crippen LogP contribution in [0.15, 0.2) is 42.5 Å². The number of benzene rings is 2. The largest absolute Gasteiger partial charge is 0.505 e. The van der Waals surface area contributed by atoms with E-state index in [2.05, 4.69) is 10.2 Å². The normalized spacial score (nSPS) is 10.9. The van der Waals surface area contributed by atoms with Gasteiger partial charge in [-0.15, -0.1) is 0 Å². The number of fused-ring (bicyclic) bond motifs is 1. The highest BCUT2D eigenvalue weighted by molar-refractivity contribution is 5.96. The first-order valence-electron chi connectivity index (χ1n) is 5.49. The molecule has 1 aromatic heterocycles. The number of aromatic hydroxyl groups is 1. The fraction of sp³-hybridized carbons (Fsp3) is 0.0714. The molecule has 0 unspecified atom stereocenters. The van der Waals surface area contributed by atoms with Crippen LogP contribution in [0.3, 0.4) is 0 Å². The zero-order valence-corrected chi connectivity index (χ0v) is 9.44. The number of aromatic amines is 1. The highest BCUT2D eigenvalue weighted by Crippen LogP contribution is 2.32. The summed E-state index contributed by atoms with van der Waals surface area (Å²) in [6.07, 6.45) is 0. The Balaban J connectivity index is 2.30. The Morgan fingerprint density at radius 2 is 1.82 bits per heavy atom. The average molecular weight is 224 g/mol. The molecule has 84 valence electrons. The van der Waals surface area contributed by atoms with Crippen molar-refractivity contribution in [3.8, 4) is 17.0 Å². The van der Waals surface area contributed by atoms with Crippen LogP contribution < -0.4 is 0 Å². The van der Waals surface area contributed by atoms with Crippen molar-refractivity contribution < 1.29 is 5.11 Å². The van der Waals surface area contributed by atoms with Gasteiger partial charge in [-0.05, 0) is 12.5 Å². The summed E-state index contributed by atoms with van der Waals surface area (Å²) < 4.78 is 0. The molecule has 0 radical (unpaired) electrons. The van der Waals surface area contributed by atoms with Crippen molar-refractivity contribution in [3.63, 3.8) is 0 Å². The van der Waals surface area contributed by atoms with Crippen LogP contribution in [0.5, 0.6) is 5.75 Å². The third kappa shape index (κ3) is 1.47. The van der Waals surface area contributed by atoms with E-state index in [-0.39, 0.29) is 5.75 Å². The van der Waals surface area contributed by atoms with Crippen LogP contribution in [0, 0.1) is 6.92 Å². The van der Waals surface area contributed by atoms with Gasteiger partial charge in [0.1, 0.15) is 17.0 Å². The van der Waals surface area contributed by atoms with Gasteiger partial charge in [-0.25, -0.2) is 0 Å². The topological polar surface area (TPSA) is 48.9 Å². The summed E-state index contributed by atoms with van der Waals surface area (Å²) in [4.78, 5) is 0. The standard InChI is InChI=1S/C14H12N2O/c1-9-7-8-11-12(10-5-3-2-4-6-10)15-16-13(11)14(9)17/h2-8,17H,1H3,(H,15,16). The molecule has 0 bridgehead atoms. The Morgan fingerprint density at radius 1 is 1.06 bits per heavy atom. The number of H-pyrrole nitrogens is 1. The van der Waals surface area contributed by atoms with E-state index in [0.717, 1.165) is 22.2 Å². The Bertz CT molecular complexity index is 671. The van der Waals surface area contributed by atoms with Crippen LogP contribution in [0.4, 0.5) is 0 Å².